The Hall–Kier alpha value is -2.99. The second-order valence-corrected chi connectivity index (χ2v) is 5.63. The molecule has 0 bridgehead atoms. The molecule has 0 aliphatic carbocycles. The minimum absolute atomic E-state index is 0.0557. The summed E-state index contributed by atoms with van der Waals surface area (Å²) in [4.78, 5) is 13.1. The lowest BCUT2D eigenvalue weighted by Gasteiger charge is -2.09. The first-order valence-corrected chi connectivity index (χ1v) is 7.78. The Morgan fingerprint density at radius 2 is 2.00 bits per heavy atom. The van der Waals surface area contributed by atoms with E-state index in [0.717, 1.165) is 38.9 Å². The van der Waals surface area contributed by atoms with Crippen molar-refractivity contribution < 1.29 is 5.11 Å². The number of nitrogens with one attached hydrogen (secondary N) is 1. The van der Waals surface area contributed by atoms with Crippen LogP contribution in [0.2, 0.25) is 0 Å². The predicted octanol–water partition coefficient (Wildman–Crippen LogP) is 2.59. The van der Waals surface area contributed by atoms with Gasteiger partial charge < -0.3 is 15.0 Å². The third-order valence-corrected chi connectivity index (χ3v) is 4.12. The molecule has 24 heavy (non-hydrogen) atoms. The predicted molar refractivity (Wildman–Crippen MR) is 94.8 cm³/mol. The van der Waals surface area contributed by atoms with Crippen LogP contribution in [-0.4, -0.2) is 37.8 Å². The molecule has 0 unspecified atom stereocenters. The van der Waals surface area contributed by atoms with Crippen LogP contribution in [0, 0.1) is 0 Å². The molecule has 0 aliphatic rings. The number of benzene rings is 1. The van der Waals surface area contributed by atoms with Gasteiger partial charge in [-0.15, -0.1) is 0 Å². The van der Waals surface area contributed by atoms with E-state index in [-0.39, 0.29) is 6.61 Å². The molecule has 0 atom stereocenters. The van der Waals surface area contributed by atoms with Crippen LogP contribution in [0.25, 0.3) is 33.1 Å². The first kappa shape index (κ1) is 14.6. The van der Waals surface area contributed by atoms with Crippen LogP contribution in [0.3, 0.4) is 0 Å². The maximum Gasteiger partial charge on any atom is 0.140 e. The molecule has 0 saturated heterocycles. The van der Waals surface area contributed by atoms with E-state index < -0.39 is 0 Å². The zero-order valence-corrected chi connectivity index (χ0v) is 13.3. The van der Waals surface area contributed by atoms with Gasteiger partial charge in [0.15, 0.2) is 0 Å². The van der Waals surface area contributed by atoms with Gasteiger partial charge >= 0.3 is 0 Å². The molecular formula is C18H17N5O. The van der Waals surface area contributed by atoms with Crippen molar-refractivity contribution in [3.63, 3.8) is 0 Å². The van der Waals surface area contributed by atoms with Crippen LogP contribution in [0.5, 0.6) is 0 Å². The van der Waals surface area contributed by atoms with Crippen LogP contribution >= 0.6 is 0 Å². The summed E-state index contributed by atoms with van der Waals surface area (Å²) < 4.78 is 2.01. The Bertz CT molecular complexity index is 1020. The van der Waals surface area contributed by atoms with Crippen LogP contribution in [-0.2, 0) is 7.05 Å². The fraction of sp³-hybridized carbons (Fsp3) is 0.167. The number of hydrogen-bond acceptors (Lipinski definition) is 5. The topological polar surface area (TPSA) is 75.9 Å². The highest BCUT2D eigenvalue weighted by Gasteiger charge is 2.10. The monoisotopic (exact) mass is 319 g/mol. The molecule has 4 rings (SSSR count). The van der Waals surface area contributed by atoms with Crippen LogP contribution < -0.4 is 5.32 Å². The van der Waals surface area contributed by atoms with Gasteiger partial charge in [0.2, 0.25) is 0 Å². The summed E-state index contributed by atoms with van der Waals surface area (Å²) in [6, 6.07) is 10.2. The highest BCUT2D eigenvalue weighted by atomic mass is 16.3. The van der Waals surface area contributed by atoms with Gasteiger partial charge in [-0.25, -0.2) is 15.0 Å². The molecule has 1 aromatic carbocycles. The van der Waals surface area contributed by atoms with Gasteiger partial charge in [-0.2, -0.15) is 0 Å². The minimum atomic E-state index is 0.0557. The summed E-state index contributed by atoms with van der Waals surface area (Å²) in [6.45, 7) is 0.509. The molecule has 3 aromatic heterocycles. The van der Waals surface area contributed by atoms with E-state index in [1.165, 1.54) is 6.33 Å². The number of aliphatic hydroxyl groups excluding tert-OH is 1. The molecule has 4 aromatic rings. The summed E-state index contributed by atoms with van der Waals surface area (Å²) in [5, 5.41) is 14.2. The van der Waals surface area contributed by atoms with Gasteiger partial charge in [0, 0.05) is 36.8 Å². The van der Waals surface area contributed by atoms with Crippen molar-refractivity contribution in [2.24, 2.45) is 7.05 Å². The Balaban J connectivity index is 1.90. The third kappa shape index (κ3) is 2.37. The van der Waals surface area contributed by atoms with Gasteiger partial charge in [-0.3, -0.25) is 0 Å². The first-order valence-electron chi connectivity index (χ1n) is 7.78. The van der Waals surface area contributed by atoms with Gasteiger partial charge in [0.25, 0.3) is 0 Å². The normalized spacial score (nSPS) is 11.2. The number of rotatable bonds is 4. The molecule has 2 N–H and O–H groups in total. The summed E-state index contributed by atoms with van der Waals surface area (Å²) in [5.41, 5.74) is 4.03. The highest BCUT2D eigenvalue weighted by molar-refractivity contribution is 5.98. The zero-order valence-electron chi connectivity index (χ0n) is 13.3. The number of fused-ring (bicyclic) bond motifs is 2. The van der Waals surface area contributed by atoms with E-state index >= 15 is 0 Å². The van der Waals surface area contributed by atoms with E-state index in [1.807, 2.05) is 36.1 Å². The van der Waals surface area contributed by atoms with Crippen molar-refractivity contribution in [2.75, 3.05) is 18.5 Å². The summed E-state index contributed by atoms with van der Waals surface area (Å²) >= 11 is 0. The quantitative estimate of drug-likeness (QED) is 0.605. The van der Waals surface area contributed by atoms with Gasteiger partial charge in [-0.1, -0.05) is 6.07 Å². The van der Waals surface area contributed by atoms with E-state index in [4.69, 9.17) is 5.11 Å². The molecule has 3 heterocycles. The molecule has 0 fully saturated rings. The third-order valence-electron chi connectivity index (χ3n) is 4.12. The zero-order chi connectivity index (χ0) is 16.5. The van der Waals surface area contributed by atoms with Crippen molar-refractivity contribution in [3.8, 4) is 11.1 Å². The number of aliphatic hydroxyl groups is 1. The largest absolute Gasteiger partial charge is 0.395 e. The maximum atomic E-state index is 9.04. The smallest absolute Gasteiger partial charge is 0.140 e. The van der Waals surface area contributed by atoms with E-state index in [1.54, 1.807) is 0 Å². The average Bonchev–Trinajstić information content (AvgIpc) is 3.01. The highest BCUT2D eigenvalue weighted by Crippen LogP contribution is 2.31. The fourth-order valence-corrected chi connectivity index (χ4v) is 2.96. The van der Waals surface area contributed by atoms with Crippen LogP contribution in [0.4, 0.5) is 5.82 Å². The molecule has 6 heteroatoms. The van der Waals surface area contributed by atoms with Gasteiger partial charge in [0.1, 0.15) is 17.8 Å². The standard InChI is InChI=1S/C18H17N5O/c1-23-8-5-14-13(4-6-20-18(14)23)12-2-3-16-15(10-12)17(19-7-9-24)22-11-21-16/h2-6,8,10-11,24H,7,9H2,1H3,(H,19,21,22). The average molecular weight is 319 g/mol. The molecule has 0 aliphatic heterocycles. The van der Waals surface area contributed by atoms with E-state index in [2.05, 4.69) is 38.5 Å². The van der Waals surface area contributed by atoms with Crippen LogP contribution in [0.1, 0.15) is 0 Å². The minimum Gasteiger partial charge on any atom is -0.395 e. The summed E-state index contributed by atoms with van der Waals surface area (Å²) in [5.74, 6) is 0.731. The van der Waals surface area contributed by atoms with Gasteiger partial charge in [0.05, 0.1) is 12.1 Å². The number of anilines is 1. The Kier molecular flexibility index (Phi) is 3.59. The lowest BCUT2D eigenvalue weighted by molar-refractivity contribution is 0.311. The molecular weight excluding hydrogens is 302 g/mol. The Morgan fingerprint density at radius 1 is 1.08 bits per heavy atom. The van der Waals surface area contributed by atoms with Crippen molar-refractivity contribution in [3.05, 3.63) is 49.1 Å². The number of pyridine rings is 1. The Morgan fingerprint density at radius 3 is 2.88 bits per heavy atom. The molecule has 0 saturated carbocycles. The molecule has 0 spiro atoms. The van der Waals surface area contributed by atoms with Crippen molar-refractivity contribution in [1.82, 2.24) is 19.5 Å². The number of aryl methyl sites for hydroxylation is 1. The van der Waals surface area contributed by atoms with E-state index in [9.17, 15) is 0 Å². The van der Waals surface area contributed by atoms with Crippen molar-refractivity contribution >= 4 is 27.8 Å². The molecule has 0 amide bonds. The maximum absolute atomic E-state index is 9.04. The summed E-state index contributed by atoms with van der Waals surface area (Å²) in [7, 11) is 1.99. The molecule has 0 radical (unpaired) electrons. The first-order chi connectivity index (χ1) is 11.8. The fourth-order valence-electron chi connectivity index (χ4n) is 2.96. The SMILES string of the molecule is Cn1ccc2c(-c3ccc4ncnc(NCCO)c4c3)ccnc21. The van der Waals surface area contributed by atoms with Gasteiger partial charge in [-0.05, 0) is 35.4 Å². The second kappa shape index (κ2) is 5.90. The molecule has 120 valence electrons. The van der Waals surface area contributed by atoms with Crippen molar-refractivity contribution in [2.45, 2.75) is 0 Å². The van der Waals surface area contributed by atoms with E-state index in [0.29, 0.717) is 6.54 Å². The number of nitrogens with zero attached hydrogens (tertiary/aromatic N) is 4. The lowest BCUT2D eigenvalue weighted by atomic mass is 10.0. The Labute approximate surface area is 138 Å². The number of hydrogen-bond donors (Lipinski definition) is 2. The lowest BCUT2D eigenvalue weighted by Crippen LogP contribution is -2.07. The molecule has 6 nitrogen and oxygen atoms in total. The second-order valence-electron chi connectivity index (χ2n) is 5.63. The number of aromatic nitrogens is 4. The van der Waals surface area contributed by atoms with Crippen molar-refractivity contribution in [1.29, 1.82) is 0 Å². The van der Waals surface area contributed by atoms with Crippen LogP contribution in [0.15, 0.2) is 49.1 Å². The summed E-state index contributed by atoms with van der Waals surface area (Å²) in [6.07, 6.45) is 5.37.